The van der Waals surface area contributed by atoms with E-state index in [1.54, 1.807) is 6.08 Å². The van der Waals surface area contributed by atoms with E-state index in [0.29, 0.717) is 10.2 Å². The largest absolute Gasteiger partial charge is 0.342 e. The lowest BCUT2D eigenvalue weighted by Crippen LogP contribution is -2.35. The fourth-order valence-corrected chi connectivity index (χ4v) is 5.67. The van der Waals surface area contributed by atoms with Crippen molar-refractivity contribution >= 4 is 45.7 Å². The molecule has 2 amide bonds. The van der Waals surface area contributed by atoms with Gasteiger partial charge in [-0.15, -0.1) is 0 Å². The number of aromatic nitrogens is 1. The van der Waals surface area contributed by atoms with Gasteiger partial charge < -0.3 is 9.47 Å². The number of thioether (sulfide) groups is 1. The van der Waals surface area contributed by atoms with Gasteiger partial charge in [0, 0.05) is 30.2 Å². The molecule has 2 aromatic rings. The van der Waals surface area contributed by atoms with Crippen LogP contribution in [0.2, 0.25) is 0 Å². The highest BCUT2D eigenvalue weighted by molar-refractivity contribution is 8.27. The number of para-hydroxylation sites is 1. The number of amidine groups is 2. The number of fused-ring (bicyclic) bond motifs is 1. The van der Waals surface area contributed by atoms with E-state index < -0.39 is 5.91 Å². The van der Waals surface area contributed by atoms with Crippen LogP contribution in [0.4, 0.5) is 0 Å². The van der Waals surface area contributed by atoms with E-state index >= 15 is 0 Å². The molecule has 5 rings (SSSR count). The van der Waals surface area contributed by atoms with Crippen LogP contribution in [-0.4, -0.2) is 55.4 Å². The number of carbonyl (C=O) groups excluding carboxylic acids is 2. The molecule has 0 bridgehead atoms. The molecule has 1 aromatic carbocycles. The quantitative estimate of drug-likeness (QED) is 0.636. The van der Waals surface area contributed by atoms with E-state index in [4.69, 9.17) is 5.41 Å². The van der Waals surface area contributed by atoms with Crippen LogP contribution in [-0.2, 0) is 16.0 Å². The second-order valence-electron chi connectivity index (χ2n) is 8.92. The second-order valence-corrected chi connectivity index (χ2v) is 9.96. The number of hydrogen-bond acceptors (Lipinski definition) is 5. The van der Waals surface area contributed by atoms with Crippen molar-refractivity contribution in [3.63, 3.8) is 0 Å². The van der Waals surface area contributed by atoms with Crippen molar-refractivity contribution in [2.45, 2.75) is 46.5 Å². The zero-order valence-electron chi connectivity index (χ0n) is 20.2. The van der Waals surface area contributed by atoms with Gasteiger partial charge in [-0.1, -0.05) is 25.1 Å². The summed E-state index contributed by atoms with van der Waals surface area (Å²) in [6, 6.07) is 10.3. The van der Waals surface area contributed by atoms with E-state index in [2.05, 4.69) is 33.7 Å². The average molecular weight is 489 g/mol. The molecule has 0 atom stereocenters. The van der Waals surface area contributed by atoms with Gasteiger partial charge in [0.2, 0.25) is 11.1 Å². The lowest BCUT2D eigenvalue weighted by Gasteiger charge is -2.20. The van der Waals surface area contributed by atoms with Crippen LogP contribution >= 0.6 is 11.8 Å². The normalized spacial score (nSPS) is 18.9. The molecule has 0 radical (unpaired) electrons. The first-order chi connectivity index (χ1) is 16.9. The van der Waals surface area contributed by atoms with Crippen LogP contribution in [0.5, 0.6) is 0 Å². The zero-order chi connectivity index (χ0) is 24.7. The highest BCUT2D eigenvalue weighted by atomic mass is 32.2. The molecule has 1 fully saturated rings. The second kappa shape index (κ2) is 9.30. The number of hydrogen-bond donors (Lipinski definition) is 1. The van der Waals surface area contributed by atoms with Crippen molar-refractivity contribution in [2.75, 3.05) is 13.1 Å². The van der Waals surface area contributed by atoms with Gasteiger partial charge in [0.15, 0.2) is 5.84 Å². The van der Waals surface area contributed by atoms with E-state index in [0.717, 1.165) is 55.0 Å². The Morgan fingerprint density at radius 2 is 1.94 bits per heavy atom. The molecular weight excluding hydrogens is 460 g/mol. The van der Waals surface area contributed by atoms with Gasteiger partial charge in [0.25, 0.3) is 5.91 Å². The minimum absolute atomic E-state index is 0.0186. The monoisotopic (exact) mass is 488 g/mol. The Morgan fingerprint density at radius 1 is 1.20 bits per heavy atom. The third-order valence-electron chi connectivity index (χ3n) is 6.64. The van der Waals surface area contributed by atoms with E-state index in [1.807, 2.05) is 36.9 Å². The summed E-state index contributed by atoms with van der Waals surface area (Å²) in [6.45, 7) is 7.75. The van der Waals surface area contributed by atoms with Crippen LogP contribution in [0.1, 0.15) is 48.7 Å². The van der Waals surface area contributed by atoms with Gasteiger partial charge in [-0.2, -0.15) is 15.1 Å². The molecule has 4 heterocycles. The number of nitrogens with zero attached hydrogens (tertiary/aromatic N) is 5. The predicted octanol–water partition coefficient (Wildman–Crippen LogP) is 4.29. The van der Waals surface area contributed by atoms with Gasteiger partial charge >= 0.3 is 0 Å². The predicted molar refractivity (Wildman–Crippen MR) is 140 cm³/mol. The maximum absolute atomic E-state index is 12.9. The number of amides is 2. The molecule has 1 N–H and O–H groups in total. The van der Waals surface area contributed by atoms with Crippen molar-refractivity contribution < 1.29 is 9.59 Å². The van der Waals surface area contributed by atoms with Crippen molar-refractivity contribution in [1.29, 1.82) is 5.41 Å². The van der Waals surface area contributed by atoms with Crippen LogP contribution in [0, 0.1) is 19.3 Å². The lowest BCUT2D eigenvalue weighted by molar-refractivity contribution is -0.128. The molecule has 0 aliphatic carbocycles. The van der Waals surface area contributed by atoms with Crippen molar-refractivity contribution in [3.05, 3.63) is 58.4 Å². The van der Waals surface area contributed by atoms with Crippen LogP contribution in [0.25, 0.3) is 11.8 Å². The van der Waals surface area contributed by atoms with E-state index in [9.17, 15) is 9.59 Å². The maximum atomic E-state index is 12.9. The number of nitrogens with one attached hydrogen (secondary N) is 1. The SMILES string of the molecule is CCc1ccccc1-n1c(C)cc(/C=C2/C(=N)N3N=C(CC(=O)N4CCCC4)SC3=NC2=O)c1C. The molecule has 0 saturated carbocycles. The summed E-state index contributed by atoms with van der Waals surface area (Å²) >= 11 is 1.19. The number of benzene rings is 1. The molecular formula is C26H28N6O2S. The Kier molecular flexibility index (Phi) is 6.19. The maximum Gasteiger partial charge on any atom is 0.283 e. The summed E-state index contributed by atoms with van der Waals surface area (Å²) in [5.74, 6) is -0.452. The van der Waals surface area contributed by atoms with Crippen LogP contribution in [0.3, 0.4) is 0 Å². The number of hydrazone groups is 1. The first kappa shape index (κ1) is 23.3. The molecule has 180 valence electrons. The topological polar surface area (TPSA) is 94.1 Å². The third kappa shape index (κ3) is 4.25. The molecule has 35 heavy (non-hydrogen) atoms. The number of rotatable bonds is 5. The van der Waals surface area contributed by atoms with Crippen molar-refractivity contribution in [1.82, 2.24) is 14.5 Å². The number of aryl methyl sites for hydroxylation is 2. The number of likely N-dealkylation sites (tertiary alicyclic amines) is 1. The molecule has 1 aromatic heterocycles. The Labute approximate surface area is 208 Å². The minimum Gasteiger partial charge on any atom is -0.342 e. The molecule has 0 spiro atoms. The summed E-state index contributed by atoms with van der Waals surface area (Å²) in [4.78, 5) is 31.5. The highest BCUT2D eigenvalue weighted by Crippen LogP contribution is 2.31. The summed E-state index contributed by atoms with van der Waals surface area (Å²) in [5.41, 5.74) is 5.44. The molecule has 3 aliphatic rings. The molecule has 1 saturated heterocycles. The summed E-state index contributed by atoms with van der Waals surface area (Å²) in [5, 5.41) is 15.4. The third-order valence-corrected chi connectivity index (χ3v) is 7.55. The van der Waals surface area contributed by atoms with Gasteiger partial charge in [0.05, 0.1) is 12.0 Å². The average Bonchev–Trinajstić information content (AvgIpc) is 3.57. The first-order valence-corrected chi connectivity index (χ1v) is 12.7. The molecule has 0 unspecified atom stereocenters. The summed E-state index contributed by atoms with van der Waals surface area (Å²) in [6.07, 6.45) is 4.87. The zero-order valence-corrected chi connectivity index (χ0v) is 21.0. The van der Waals surface area contributed by atoms with Crippen molar-refractivity contribution in [3.8, 4) is 5.69 Å². The fraction of sp³-hybridized carbons (Fsp3) is 0.346. The van der Waals surface area contributed by atoms with E-state index in [-0.39, 0.29) is 23.7 Å². The smallest absolute Gasteiger partial charge is 0.283 e. The Hall–Kier alpha value is -3.46. The molecule has 3 aliphatic heterocycles. The molecule has 8 nitrogen and oxygen atoms in total. The van der Waals surface area contributed by atoms with Crippen molar-refractivity contribution in [2.24, 2.45) is 10.1 Å². The van der Waals surface area contributed by atoms with Gasteiger partial charge in [-0.3, -0.25) is 15.0 Å². The minimum atomic E-state index is -0.463. The fourth-order valence-electron chi connectivity index (χ4n) is 4.80. The number of carbonyl (C=O) groups is 2. The van der Waals surface area contributed by atoms with Gasteiger partial charge in [0.1, 0.15) is 5.04 Å². The highest BCUT2D eigenvalue weighted by Gasteiger charge is 2.36. The van der Waals surface area contributed by atoms with Crippen LogP contribution < -0.4 is 0 Å². The summed E-state index contributed by atoms with van der Waals surface area (Å²) in [7, 11) is 0. The van der Waals surface area contributed by atoms with Crippen LogP contribution in [0.15, 0.2) is 46.0 Å². The summed E-state index contributed by atoms with van der Waals surface area (Å²) < 4.78 is 2.18. The Bertz CT molecular complexity index is 1330. The number of aliphatic imine (C=N–C) groups is 1. The lowest BCUT2D eigenvalue weighted by atomic mass is 10.1. The van der Waals surface area contributed by atoms with E-state index in [1.165, 1.54) is 22.3 Å². The Morgan fingerprint density at radius 3 is 2.69 bits per heavy atom. The first-order valence-electron chi connectivity index (χ1n) is 11.9. The van der Waals surface area contributed by atoms with Gasteiger partial charge in [-0.05, 0) is 74.2 Å². The molecule has 9 heteroatoms. The van der Waals surface area contributed by atoms with Gasteiger partial charge in [-0.25, -0.2) is 0 Å². The standard InChI is InChI=1S/C26H28N6O2S/c1-4-18-9-5-6-10-21(18)31-16(2)13-19(17(31)3)14-20-24(27)32-26(28-25(20)34)35-22(29-32)15-23(33)30-11-7-8-12-30/h5-6,9-10,13-14,27H,4,7-8,11-12,15H2,1-3H3/b20-14-,27-24?. The Balaban J connectivity index is 1.43.